The summed E-state index contributed by atoms with van der Waals surface area (Å²) >= 11 is 0. The van der Waals surface area contributed by atoms with E-state index in [1.54, 1.807) is 0 Å². The maximum absolute atomic E-state index is 10.8. The van der Waals surface area contributed by atoms with Gasteiger partial charge < -0.3 is 10.8 Å². The largest absolute Gasteiger partial charge is 0.389 e. The molecule has 1 aliphatic rings. The fraction of sp³-hybridized carbons (Fsp3) is 0.647. The van der Waals surface area contributed by atoms with Crippen molar-refractivity contribution in [3.8, 4) is 0 Å². The molecule has 0 amide bonds. The van der Waals surface area contributed by atoms with Gasteiger partial charge in [-0.1, -0.05) is 43.7 Å². The lowest BCUT2D eigenvalue weighted by Crippen LogP contribution is -2.50. The average Bonchev–Trinajstić information content (AvgIpc) is 2.48. The van der Waals surface area contributed by atoms with Crippen molar-refractivity contribution < 1.29 is 5.11 Å². The molecular formula is C17H28N2O. The molecule has 0 aliphatic carbocycles. The van der Waals surface area contributed by atoms with E-state index in [9.17, 15) is 5.11 Å². The fourth-order valence-electron chi connectivity index (χ4n) is 3.30. The Morgan fingerprint density at radius 3 is 2.45 bits per heavy atom. The van der Waals surface area contributed by atoms with Crippen LogP contribution in [0.2, 0.25) is 0 Å². The van der Waals surface area contributed by atoms with E-state index in [2.05, 4.69) is 42.2 Å². The zero-order chi connectivity index (χ0) is 14.4. The second-order valence-electron chi connectivity index (χ2n) is 6.09. The molecule has 112 valence electrons. The highest BCUT2D eigenvalue weighted by Gasteiger charge is 2.38. The molecule has 1 aromatic rings. The first-order valence-electron chi connectivity index (χ1n) is 7.86. The Bertz CT molecular complexity index is 385. The van der Waals surface area contributed by atoms with Gasteiger partial charge in [0, 0.05) is 19.6 Å². The molecular weight excluding hydrogens is 248 g/mol. The van der Waals surface area contributed by atoms with Gasteiger partial charge in [-0.3, -0.25) is 4.90 Å². The van der Waals surface area contributed by atoms with E-state index in [4.69, 9.17) is 5.73 Å². The Hall–Kier alpha value is -0.900. The first-order chi connectivity index (χ1) is 9.68. The van der Waals surface area contributed by atoms with Crippen LogP contribution >= 0.6 is 0 Å². The van der Waals surface area contributed by atoms with Crippen molar-refractivity contribution in [1.29, 1.82) is 0 Å². The van der Waals surface area contributed by atoms with Gasteiger partial charge in [-0.25, -0.2) is 0 Å². The Morgan fingerprint density at radius 2 is 1.90 bits per heavy atom. The molecule has 1 unspecified atom stereocenters. The van der Waals surface area contributed by atoms with E-state index in [-0.39, 0.29) is 5.92 Å². The van der Waals surface area contributed by atoms with Crippen molar-refractivity contribution in [3.05, 3.63) is 35.9 Å². The van der Waals surface area contributed by atoms with Gasteiger partial charge in [0.05, 0.1) is 5.60 Å². The molecule has 20 heavy (non-hydrogen) atoms. The van der Waals surface area contributed by atoms with Crippen molar-refractivity contribution >= 4 is 0 Å². The number of hydrogen-bond acceptors (Lipinski definition) is 3. The van der Waals surface area contributed by atoms with Crippen LogP contribution in [0.15, 0.2) is 30.3 Å². The lowest BCUT2D eigenvalue weighted by Gasteiger charge is -2.42. The molecule has 0 aromatic heterocycles. The first-order valence-corrected chi connectivity index (χ1v) is 7.86. The predicted octanol–water partition coefficient (Wildman–Crippen LogP) is 2.39. The highest BCUT2D eigenvalue weighted by Crippen LogP contribution is 2.32. The second kappa shape index (κ2) is 7.21. The molecule has 1 fully saturated rings. The van der Waals surface area contributed by atoms with E-state index in [1.807, 2.05) is 0 Å². The van der Waals surface area contributed by atoms with Crippen LogP contribution in [0.25, 0.3) is 0 Å². The number of likely N-dealkylation sites (tertiary alicyclic amines) is 1. The maximum Gasteiger partial charge on any atom is 0.0712 e. The van der Waals surface area contributed by atoms with Gasteiger partial charge in [-0.2, -0.15) is 0 Å². The van der Waals surface area contributed by atoms with Gasteiger partial charge in [-0.05, 0) is 37.3 Å². The Balaban J connectivity index is 1.88. The molecule has 1 saturated heterocycles. The van der Waals surface area contributed by atoms with Gasteiger partial charge in [0.2, 0.25) is 0 Å². The summed E-state index contributed by atoms with van der Waals surface area (Å²) in [6.07, 6.45) is 3.83. The minimum atomic E-state index is -0.544. The van der Waals surface area contributed by atoms with Crippen LogP contribution in [0.3, 0.4) is 0 Å². The molecule has 3 N–H and O–H groups in total. The molecule has 0 radical (unpaired) electrons. The van der Waals surface area contributed by atoms with E-state index >= 15 is 0 Å². The number of nitrogens with two attached hydrogens (primary N) is 1. The van der Waals surface area contributed by atoms with Crippen molar-refractivity contribution in [3.63, 3.8) is 0 Å². The number of rotatable bonds is 6. The monoisotopic (exact) mass is 276 g/mol. The third-order valence-electron chi connectivity index (χ3n) is 4.65. The van der Waals surface area contributed by atoms with Crippen LogP contribution < -0.4 is 5.73 Å². The lowest BCUT2D eigenvalue weighted by atomic mass is 9.77. The summed E-state index contributed by atoms with van der Waals surface area (Å²) in [6.45, 7) is 5.68. The zero-order valence-electron chi connectivity index (χ0n) is 12.6. The molecule has 0 spiro atoms. The molecule has 3 heteroatoms. The summed E-state index contributed by atoms with van der Waals surface area (Å²) in [5.41, 5.74) is 6.66. The third-order valence-corrected chi connectivity index (χ3v) is 4.65. The molecule has 0 saturated carbocycles. The average molecular weight is 276 g/mol. The van der Waals surface area contributed by atoms with Gasteiger partial charge in [-0.15, -0.1) is 0 Å². The minimum absolute atomic E-state index is 0.256. The standard InChI is InChI=1S/C17H28N2O/c1-2-6-16(13-18)17(20)9-11-19(12-10-17)14-15-7-4-3-5-8-15/h3-5,7-8,16,20H,2,6,9-14,18H2,1H3. The quantitative estimate of drug-likeness (QED) is 0.839. The van der Waals surface area contributed by atoms with Crippen molar-refractivity contribution in [1.82, 2.24) is 4.90 Å². The highest BCUT2D eigenvalue weighted by atomic mass is 16.3. The summed E-state index contributed by atoms with van der Waals surface area (Å²) in [7, 11) is 0. The predicted molar refractivity (Wildman–Crippen MR) is 83.4 cm³/mol. The highest BCUT2D eigenvalue weighted by molar-refractivity contribution is 5.14. The number of nitrogens with zero attached hydrogens (tertiary/aromatic N) is 1. The SMILES string of the molecule is CCCC(CN)C1(O)CCN(Cc2ccccc2)CC1. The zero-order valence-corrected chi connectivity index (χ0v) is 12.6. The van der Waals surface area contributed by atoms with Gasteiger partial charge in [0.1, 0.15) is 0 Å². The summed E-state index contributed by atoms with van der Waals surface area (Å²) in [5.74, 6) is 0.256. The van der Waals surface area contributed by atoms with Crippen LogP contribution in [-0.2, 0) is 6.54 Å². The van der Waals surface area contributed by atoms with Crippen molar-refractivity contribution in [2.75, 3.05) is 19.6 Å². The number of hydrogen-bond donors (Lipinski definition) is 2. The lowest BCUT2D eigenvalue weighted by molar-refractivity contribution is -0.0682. The van der Waals surface area contributed by atoms with E-state index in [0.717, 1.165) is 45.3 Å². The molecule has 1 atom stereocenters. The number of piperidine rings is 1. The molecule has 0 bridgehead atoms. The van der Waals surface area contributed by atoms with Crippen LogP contribution in [0.5, 0.6) is 0 Å². The summed E-state index contributed by atoms with van der Waals surface area (Å²) < 4.78 is 0. The third kappa shape index (κ3) is 3.81. The number of aliphatic hydroxyl groups is 1. The molecule has 3 nitrogen and oxygen atoms in total. The van der Waals surface area contributed by atoms with Gasteiger partial charge in [0.15, 0.2) is 0 Å². The normalized spacial score (nSPS) is 20.8. The molecule has 1 aromatic carbocycles. The Labute approximate surface area is 122 Å². The Morgan fingerprint density at radius 1 is 1.25 bits per heavy atom. The maximum atomic E-state index is 10.8. The fourth-order valence-corrected chi connectivity index (χ4v) is 3.30. The van der Waals surface area contributed by atoms with Crippen molar-refractivity contribution in [2.45, 2.75) is 44.8 Å². The van der Waals surface area contributed by atoms with Crippen LogP contribution in [-0.4, -0.2) is 35.2 Å². The summed E-state index contributed by atoms with van der Waals surface area (Å²) in [5, 5.41) is 10.8. The van der Waals surface area contributed by atoms with Gasteiger partial charge >= 0.3 is 0 Å². The van der Waals surface area contributed by atoms with Crippen molar-refractivity contribution in [2.24, 2.45) is 11.7 Å². The topological polar surface area (TPSA) is 49.5 Å². The van der Waals surface area contributed by atoms with Crippen LogP contribution in [0.1, 0.15) is 38.2 Å². The smallest absolute Gasteiger partial charge is 0.0712 e. The van der Waals surface area contributed by atoms with Crippen LogP contribution in [0.4, 0.5) is 0 Å². The minimum Gasteiger partial charge on any atom is -0.389 e. The molecule has 2 rings (SSSR count). The second-order valence-corrected chi connectivity index (χ2v) is 6.09. The molecule has 1 aliphatic heterocycles. The molecule has 1 heterocycles. The van der Waals surface area contributed by atoms with E-state index in [1.165, 1.54) is 5.56 Å². The first kappa shape index (κ1) is 15.5. The van der Waals surface area contributed by atoms with Crippen LogP contribution in [0, 0.1) is 5.92 Å². The van der Waals surface area contributed by atoms with Gasteiger partial charge in [0.25, 0.3) is 0 Å². The number of benzene rings is 1. The van der Waals surface area contributed by atoms with E-state index < -0.39 is 5.60 Å². The van der Waals surface area contributed by atoms with E-state index in [0.29, 0.717) is 6.54 Å². The summed E-state index contributed by atoms with van der Waals surface area (Å²) in [4.78, 5) is 2.43. The summed E-state index contributed by atoms with van der Waals surface area (Å²) in [6, 6.07) is 10.6. The Kier molecular flexibility index (Phi) is 5.58.